The molecule has 0 atom stereocenters. The lowest BCUT2D eigenvalue weighted by Crippen LogP contribution is -2.40. The quantitative estimate of drug-likeness (QED) is 0.359. The molecule has 1 rings (SSSR count). The smallest absolute Gasteiger partial charge is 0.191 e. The first-order chi connectivity index (χ1) is 9.76. The van der Waals surface area contributed by atoms with Crippen LogP contribution in [0, 0.1) is 5.41 Å². The van der Waals surface area contributed by atoms with Crippen LogP contribution >= 0.6 is 0 Å². The van der Waals surface area contributed by atoms with Crippen LogP contribution in [0.3, 0.4) is 0 Å². The minimum absolute atomic E-state index is 0.205. The lowest BCUT2D eigenvalue weighted by molar-refractivity contribution is 0.137. The van der Waals surface area contributed by atoms with Crippen LogP contribution in [0.25, 0.3) is 0 Å². The van der Waals surface area contributed by atoms with E-state index < -0.39 is 0 Å². The number of aliphatic hydroxyl groups is 1. The molecule has 0 saturated heterocycles. The summed E-state index contributed by atoms with van der Waals surface area (Å²) in [6, 6.07) is 0. The maximum absolute atomic E-state index is 9.33. The van der Waals surface area contributed by atoms with Gasteiger partial charge in [-0.25, -0.2) is 0 Å². The van der Waals surface area contributed by atoms with Crippen molar-refractivity contribution in [2.45, 2.75) is 45.4 Å². The zero-order valence-electron chi connectivity index (χ0n) is 13.1. The number of hydrogen-bond acceptors (Lipinski definition) is 3. The van der Waals surface area contributed by atoms with E-state index in [1.54, 1.807) is 7.11 Å². The van der Waals surface area contributed by atoms with Gasteiger partial charge in [0.05, 0.1) is 6.61 Å². The fourth-order valence-electron chi connectivity index (χ4n) is 2.89. The molecule has 0 amide bonds. The Morgan fingerprint density at radius 2 is 2.00 bits per heavy atom. The van der Waals surface area contributed by atoms with Crippen molar-refractivity contribution in [2.24, 2.45) is 10.4 Å². The molecular formula is C15H31N3O2. The van der Waals surface area contributed by atoms with Crippen LogP contribution in [-0.2, 0) is 4.74 Å². The number of hydrogen-bond donors (Lipinski definition) is 3. The average Bonchev–Trinajstić information content (AvgIpc) is 2.46. The van der Waals surface area contributed by atoms with E-state index in [0.717, 1.165) is 32.0 Å². The van der Waals surface area contributed by atoms with Gasteiger partial charge in [0.25, 0.3) is 0 Å². The fraction of sp³-hybridized carbons (Fsp3) is 0.933. The Kier molecular flexibility index (Phi) is 8.62. The van der Waals surface area contributed by atoms with Gasteiger partial charge in [-0.15, -0.1) is 0 Å². The normalized spacial score (nSPS) is 18.9. The molecule has 0 bridgehead atoms. The average molecular weight is 285 g/mol. The Morgan fingerprint density at radius 1 is 1.25 bits per heavy atom. The van der Waals surface area contributed by atoms with E-state index in [-0.39, 0.29) is 12.0 Å². The maximum Gasteiger partial charge on any atom is 0.191 e. The number of nitrogens with one attached hydrogen (secondary N) is 2. The van der Waals surface area contributed by atoms with Gasteiger partial charge in [0.2, 0.25) is 0 Å². The van der Waals surface area contributed by atoms with Gasteiger partial charge in [0, 0.05) is 33.4 Å². The third kappa shape index (κ3) is 6.09. The molecule has 1 aliphatic rings. The highest BCUT2D eigenvalue weighted by molar-refractivity contribution is 5.79. The first-order valence-electron chi connectivity index (χ1n) is 7.88. The van der Waals surface area contributed by atoms with E-state index in [2.05, 4.69) is 17.6 Å². The summed E-state index contributed by atoms with van der Waals surface area (Å²) in [4.78, 5) is 4.73. The second-order valence-electron chi connectivity index (χ2n) is 5.65. The number of aliphatic hydroxyl groups excluding tert-OH is 1. The van der Waals surface area contributed by atoms with Crippen LogP contribution in [0.1, 0.15) is 45.4 Å². The second kappa shape index (κ2) is 10.00. The van der Waals surface area contributed by atoms with Gasteiger partial charge in [-0.1, -0.05) is 19.3 Å². The lowest BCUT2D eigenvalue weighted by atomic mass is 9.72. The number of methoxy groups -OCH3 is 1. The van der Waals surface area contributed by atoms with Crippen molar-refractivity contribution in [1.29, 1.82) is 0 Å². The molecule has 0 radical (unpaired) electrons. The monoisotopic (exact) mass is 285 g/mol. The number of rotatable bonds is 8. The topological polar surface area (TPSA) is 65.9 Å². The molecule has 0 aliphatic heterocycles. The molecule has 1 aliphatic carbocycles. The molecule has 1 saturated carbocycles. The molecule has 3 N–H and O–H groups in total. The molecule has 0 aromatic heterocycles. The summed E-state index contributed by atoms with van der Waals surface area (Å²) < 4.78 is 5.04. The number of guanidine groups is 1. The highest BCUT2D eigenvalue weighted by Crippen LogP contribution is 2.39. The molecular weight excluding hydrogens is 254 g/mol. The Morgan fingerprint density at radius 3 is 2.60 bits per heavy atom. The Balaban J connectivity index is 2.56. The lowest BCUT2D eigenvalue weighted by Gasteiger charge is -2.35. The molecule has 0 heterocycles. The molecule has 118 valence electrons. The predicted molar refractivity (Wildman–Crippen MR) is 83.1 cm³/mol. The second-order valence-corrected chi connectivity index (χ2v) is 5.65. The van der Waals surface area contributed by atoms with E-state index in [1.165, 1.54) is 32.1 Å². The summed E-state index contributed by atoms with van der Waals surface area (Å²) in [6.45, 7) is 5.42. The first kappa shape index (κ1) is 17.2. The van der Waals surface area contributed by atoms with Crippen LogP contribution in [0.5, 0.6) is 0 Å². The SMILES string of the molecule is CCNC(=NCC1(CCO)CCCCC1)NCCOC. The largest absolute Gasteiger partial charge is 0.396 e. The Labute approximate surface area is 123 Å². The Bertz CT molecular complexity index is 271. The van der Waals surface area contributed by atoms with Crippen LogP contribution in [0.2, 0.25) is 0 Å². The Hall–Kier alpha value is -0.810. The van der Waals surface area contributed by atoms with Crippen molar-refractivity contribution in [2.75, 3.05) is 40.0 Å². The maximum atomic E-state index is 9.33. The molecule has 20 heavy (non-hydrogen) atoms. The van der Waals surface area contributed by atoms with Gasteiger partial charge < -0.3 is 20.5 Å². The van der Waals surface area contributed by atoms with Crippen LogP contribution < -0.4 is 10.6 Å². The molecule has 0 aromatic carbocycles. The molecule has 0 aromatic rings. The summed E-state index contributed by atoms with van der Waals surface area (Å²) in [6.07, 6.45) is 7.10. The van der Waals surface area contributed by atoms with Crippen molar-refractivity contribution < 1.29 is 9.84 Å². The predicted octanol–water partition coefficient (Wildman–Crippen LogP) is 1.52. The zero-order chi connectivity index (χ0) is 14.7. The van der Waals surface area contributed by atoms with Crippen LogP contribution in [-0.4, -0.2) is 51.0 Å². The summed E-state index contributed by atoms with van der Waals surface area (Å²) in [5.74, 6) is 0.854. The molecule has 5 heteroatoms. The van der Waals surface area contributed by atoms with E-state index in [0.29, 0.717) is 6.61 Å². The number of ether oxygens (including phenoxy) is 1. The molecule has 5 nitrogen and oxygen atoms in total. The van der Waals surface area contributed by atoms with E-state index in [1.807, 2.05) is 0 Å². The molecule has 0 unspecified atom stereocenters. The summed E-state index contributed by atoms with van der Waals surface area (Å²) in [5.41, 5.74) is 0.205. The van der Waals surface area contributed by atoms with Gasteiger partial charge in [-0.2, -0.15) is 0 Å². The van der Waals surface area contributed by atoms with Crippen molar-refractivity contribution in [3.63, 3.8) is 0 Å². The van der Waals surface area contributed by atoms with Crippen molar-refractivity contribution >= 4 is 5.96 Å². The fourth-order valence-corrected chi connectivity index (χ4v) is 2.89. The summed E-state index contributed by atoms with van der Waals surface area (Å²) in [7, 11) is 1.70. The standard InChI is InChI=1S/C15H31N3O2/c1-3-16-14(17-10-12-20-2)18-13-15(9-11-19)7-5-4-6-8-15/h19H,3-13H2,1-2H3,(H2,16,17,18). The highest BCUT2D eigenvalue weighted by Gasteiger charge is 2.31. The van der Waals surface area contributed by atoms with Gasteiger partial charge in [0.15, 0.2) is 5.96 Å². The van der Waals surface area contributed by atoms with Gasteiger partial charge >= 0.3 is 0 Å². The summed E-state index contributed by atoms with van der Waals surface area (Å²) >= 11 is 0. The van der Waals surface area contributed by atoms with E-state index in [9.17, 15) is 5.11 Å². The third-order valence-corrected chi connectivity index (χ3v) is 4.07. The molecule has 0 spiro atoms. The third-order valence-electron chi connectivity index (χ3n) is 4.07. The molecule has 1 fully saturated rings. The number of aliphatic imine (C=N–C) groups is 1. The van der Waals surface area contributed by atoms with Gasteiger partial charge in [-0.3, -0.25) is 4.99 Å². The van der Waals surface area contributed by atoms with Crippen molar-refractivity contribution in [3.05, 3.63) is 0 Å². The van der Waals surface area contributed by atoms with Crippen LogP contribution in [0.15, 0.2) is 4.99 Å². The highest BCUT2D eigenvalue weighted by atomic mass is 16.5. The summed E-state index contributed by atoms with van der Waals surface area (Å²) in [5, 5.41) is 15.9. The number of nitrogens with zero attached hydrogens (tertiary/aromatic N) is 1. The zero-order valence-corrected chi connectivity index (χ0v) is 13.1. The first-order valence-corrected chi connectivity index (χ1v) is 7.88. The minimum atomic E-state index is 0.205. The van der Waals surface area contributed by atoms with Gasteiger partial charge in [0.1, 0.15) is 0 Å². The van der Waals surface area contributed by atoms with Crippen LogP contribution in [0.4, 0.5) is 0 Å². The van der Waals surface area contributed by atoms with Crippen molar-refractivity contribution in [1.82, 2.24) is 10.6 Å². The van der Waals surface area contributed by atoms with E-state index in [4.69, 9.17) is 9.73 Å². The van der Waals surface area contributed by atoms with Crippen molar-refractivity contribution in [3.8, 4) is 0 Å². The minimum Gasteiger partial charge on any atom is -0.396 e. The van der Waals surface area contributed by atoms with E-state index >= 15 is 0 Å². The van der Waals surface area contributed by atoms with Gasteiger partial charge in [-0.05, 0) is 31.6 Å².